The Labute approximate surface area is 144 Å². The van der Waals surface area contributed by atoms with Gasteiger partial charge in [-0.1, -0.05) is 0 Å². The van der Waals surface area contributed by atoms with Crippen molar-refractivity contribution in [2.45, 2.75) is 6.18 Å². The van der Waals surface area contributed by atoms with E-state index in [0.29, 0.717) is 27.6 Å². The minimum atomic E-state index is -4.42. The fourth-order valence-electron chi connectivity index (χ4n) is 2.92. The number of carboxylic acid groups (broad SMARTS) is 1. The van der Waals surface area contributed by atoms with E-state index in [9.17, 15) is 18.0 Å². The second-order valence-corrected chi connectivity index (χ2v) is 5.65. The SMILES string of the molecule is O=C(O)c1cc2c3cccnc3n(-c3ccc(C(F)(F)F)cc3)c2cn1. The zero-order valence-electron chi connectivity index (χ0n) is 13.0. The molecule has 4 aromatic rings. The summed E-state index contributed by atoms with van der Waals surface area (Å²) in [5.41, 5.74) is 0.672. The van der Waals surface area contributed by atoms with E-state index in [-0.39, 0.29) is 5.69 Å². The number of carboxylic acids is 1. The Bertz CT molecular complexity index is 1150. The van der Waals surface area contributed by atoms with E-state index < -0.39 is 17.7 Å². The quantitative estimate of drug-likeness (QED) is 0.581. The maximum Gasteiger partial charge on any atom is 0.416 e. The minimum absolute atomic E-state index is 0.118. The molecule has 0 radical (unpaired) electrons. The lowest BCUT2D eigenvalue weighted by atomic mass is 10.2. The lowest BCUT2D eigenvalue weighted by molar-refractivity contribution is -0.137. The Kier molecular flexibility index (Phi) is 3.43. The third-order valence-electron chi connectivity index (χ3n) is 4.08. The summed E-state index contributed by atoms with van der Waals surface area (Å²) in [7, 11) is 0. The van der Waals surface area contributed by atoms with Gasteiger partial charge < -0.3 is 5.11 Å². The Morgan fingerprint density at radius 2 is 1.77 bits per heavy atom. The molecule has 0 saturated carbocycles. The second kappa shape index (κ2) is 5.55. The Morgan fingerprint density at radius 3 is 2.42 bits per heavy atom. The van der Waals surface area contributed by atoms with Crippen molar-refractivity contribution in [2.24, 2.45) is 0 Å². The van der Waals surface area contributed by atoms with Crippen LogP contribution in [0, 0.1) is 0 Å². The normalized spacial score (nSPS) is 12.0. The van der Waals surface area contributed by atoms with Crippen LogP contribution in [0.3, 0.4) is 0 Å². The molecule has 0 amide bonds. The van der Waals surface area contributed by atoms with Crippen LogP contribution in [0.4, 0.5) is 13.2 Å². The van der Waals surface area contributed by atoms with Crippen molar-refractivity contribution in [2.75, 3.05) is 0 Å². The van der Waals surface area contributed by atoms with E-state index in [1.54, 1.807) is 22.9 Å². The van der Waals surface area contributed by atoms with Crippen molar-refractivity contribution in [3.63, 3.8) is 0 Å². The summed E-state index contributed by atoms with van der Waals surface area (Å²) in [5, 5.41) is 10.5. The molecule has 0 saturated heterocycles. The average molecular weight is 357 g/mol. The minimum Gasteiger partial charge on any atom is -0.477 e. The topological polar surface area (TPSA) is 68.0 Å². The molecule has 4 rings (SSSR count). The Morgan fingerprint density at radius 1 is 1.04 bits per heavy atom. The number of hydrogen-bond acceptors (Lipinski definition) is 3. The molecular weight excluding hydrogens is 347 g/mol. The predicted molar refractivity (Wildman–Crippen MR) is 88.3 cm³/mol. The number of nitrogens with zero attached hydrogens (tertiary/aromatic N) is 3. The molecular formula is C18H10F3N3O2. The molecule has 130 valence electrons. The van der Waals surface area contributed by atoms with Gasteiger partial charge in [-0.3, -0.25) is 4.57 Å². The highest BCUT2D eigenvalue weighted by Gasteiger charge is 2.30. The molecule has 3 aromatic heterocycles. The van der Waals surface area contributed by atoms with Gasteiger partial charge in [-0.2, -0.15) is 13.2 Å². The number of rotatable bonds is 2. The molecule has 0 aliphatic rings. The van der Waals surface area contributed by atoms with Crippen LogP contribution in [0.25, 0.3) is 27.6 Å². The highest BCUT2D eigenvalue weighted by atomic mass is 19.4. The van der Waals surface area contributed by atoms with Crippen LogP contribution in [0.5, 0.6) is 0 Å². The van der Waals surface area contributed by atoms with Gasteiger partial charge in [-0.15, -0.1) is 0 Å². The number of fused-ring (bicyclic) bond motifs is 3. The molecule has 0 spiro atoms. The molecule has 8 heteroatoms. The maximum atomic E-state index is 12.8. The van der Waals surface area contributed by atoms with E-state index in [1.165, 1.54) is 24.4 Å². The molecule has 0 aliphatic heterocycles. The van der Waals surface area contributed by atoms with Gasteiger partial charge in [0.1, 0.15) is 11.3 Å². The Hall–Kier alpha value is -3.42. The number of alkyl halides is 3. The van der Waals surface area contributed by atoms with Crippen LogP contribution in [-0.4, -0.2) is 25.6 Å². The molecule has 0 atom stereocenters. The van der Waals surface area contributed by atoms with Crippen molar-refractivity contribution in [3.05, 3.63) is 66.1 Å². The summed E-state index contributed by atoms with van der Waals surface area (Å²) in [6.07, 6.45) is -1.47. The van der Waals surface area contributed by atoms with Gasteiger partial charge in [-0.25, -0.2) is 14.8 Å². The number of pyridine rings is 2. The van der Waals surface area contributed by atoms with E-state index >= 15 is 0 Å². The van der Waals surface area contributed by atoms with Crippen molar-refractivity contribution in [1.82, 2.24) is 14.5 Å². The first kappa shape index (κ1) is 16.1. The molecule has 1 aromatic carbocycles. The smallest absolute Gasteiger partial charge is 0.416 e. The number of aromatic nitrogens is 3. The fourth-order valence-corrected chi connectivity index (χ4v) is 2.92. The van der Waals surface area contributed by atoms with Gasteiger partial charge in [0, 0.05) is 22.7 Å². The molecule has 5 nitrogen and oxygen atoms in total. The molecule has 1 N–H and O–H groups in total. The van der Waals surface area contributed by atoms with E-state index in [0.717, 1.165) is 12.1 Å². The number of hydrogen-bond donors (Lipinski definition) is 1. The van der Waals surface area contributed by atoms with Crippen LogP contribution in [-0.2, 0) is 6.18 Å². The lowest BCUT2D eigenvalue weighted by Crippen LogP contribution is -2.05. The van der Waals surface area contributed by atoms with Crippen molar-refractivity contribution >= 4 is 27.9 Å². The summed E-state index contributed by atoms with van der Waals surface area (Å²) in [4.78, 5) is 19.4. The van der Waals surface area contributed by atoms with Gasteiger partial charge in [0.05, 0.1) is 17.3 Å². The number of benzene rings is 1. The van der Waals surface area contributed by atoms with E-state index in [2.05, 4.69) is 9.97 Å². The molecule has 26 heavy (non-hydrogen) atoms. The molecule has 0 fully saturated rings. The first-order chi connectivity index (χ1) is 12.4. The van der Waals surface area contributed by atoms with Crippen molar-refractivity contribution < 1.29 is 23.1 Å². The van der Waals surface area contributed by atoms with Crippen molar-refractivity contribution in [1.29, 1.82) is 0 Å². The van der Waals surface area contributed by atoms with Crippen LogP contribution in [0.15, 0.2) is 54.9 Å². The number of aromatic carboxylic acids is 1. The van der Waals surface area contributed by atoms with Gasteiger partial charge >= 0.3 is 12.1 Å². The summed E-state index contributed by atoms with van der Waals surface area (Å²) < 4.78 is 40.1. The maximum absolute atomic E-state index is 12.8. The second-order valence-electron chi connectivity index (χ2n) is 5.65. The van der Waals surface area contributed by atoms with Crippen LogP contribution < -0.4 is 0 Å². The van der Waals surface area contributed by atoms with Gasteiger partial charge in [0.2, 0.25) is 0 Å². The third-order valence-corrected chi connectivity index (χ3v) is 4.08. The fraction of sp³-hybridized carbons (Fsp3) is 0.0556. The van der Waals surface area contributed by atoms with Gasteiger partial charge in [-0.05, 0) is 42.5 Å². The van der Waals surface area contributed by atoms with Gasteiger partial charge in [0.15, 0.2) is 0 Å². The Balaban J connectivity index is 2.00. The standard InChI is InChI=1S/C18H10F3N3O2/c19-18(20,21)10-3-5-11(6-4-10)24-15-9-23-14(17(25)26)8-13(15)12-2-1-7-22-16(12)24/h1-9H,(H,25,26). The summed E-state index contributed by atoms with van der Waals surface area (Å²) in [6, 6.07) is 9.60. The summed E-state index contributed by atoms with van der Waals surface area (Å²) in [5.74, 6) is -1.16. The highest BCUT2D eigenvalue weighted by molar-refractivity contribution is 6.09. The third kappa shape index (κ3) is 2.46. The summed E-state index contributed by atoms with van der Waals surface area (Å²) in [6.45, 7) is 0. The molecule has 0 aliphatic carbocycles. The highest BCUT2D eigenvalue weighted by Crippen LogP contribution is 2.33. The van der Waals surface area contributed by atoms with E-state index in [4.69, 9.17) is 5.11 Å². The van der Waals surface area contributed by atoms with E-state index in [1.807, 2.05) is 0 Å². The van der Waals surface area contributed by atoms with Crippen LogP contribution in [0.1, 0.15) is 16.1 Å². The zero-order chi connectivity index (χ0) is 18.5. The molecule has 0 unspecified atom stereocenters. The number of halogens is 3. The van der Waals surface area contributed by atoms with Crippen molar-refractivity contribution in [3.8, 4) is 5.69 Å². The summed E-state index contributed by atoms with van der Waals surface area (Å²) >= 11 is 0. The zero-order valence-corrected chi connectivity index (χ0v) is 13.0. The van der Waals surface area contributed by atoms with Gasteiger partial charge in [0.25, 0.3) is 0 Å². The van der Waals surface area contributed by atoms with Crippen LogP contribution in [0.2, 0.25) is 0 Å². The largest absolute Gasteiger partial charge is 0.477 e. The average Bonchev–Trinajstić information content (AvgIpc) is 2.95. The first-order valence-electron chi connectivity index (χ1n) is 7.52. The molecule has 3 heterocycles. The monoisotopic (exact) mass is 357 g/mol. The van der Waals surface area contributed by atoms with Crippen LogP contribution >= 0.6 is 0 Å². The first-order valence-corrected chi connectivity index (χ1v) is 7.52. The lowest BCUT2D eigenvalue weighted by Gasteiger charge is -2.10. The number of carbonyl (C=O) groups is 1. The molecule has 0 bridgehead atoms. The predicted octanol–water partition coefficient (Wildman–Crippen LogP) is 4.29.